The van der Waals surface area contributed by atoms with E-state index in [2.05, 4.69) is 22.9 Å². The van der Waals surface area contributed by atoms with Crippen molar-refractivity contribution in [2.75, 3.05) is 0 Å². The summed E-state index contributed by atoms with van der Waals surface area (Å²) in [5.41, 5.74) is 8.52. The molecule has 0 aliphatic rings. The lowest BCUT2D eigenvalue weighted by Gasteiger charge is -2.12. The molecule has 0 aliphatic carbocycles. The molecule has 0 saturated heterocycles. The van der Waals surface area contributed by atoms with Crippen molar-refractivity contribution in [2.24, 2.45) is 5.73 Å². The second-order valence-electron chi connectivity index (χ2n) is 6.20. The van der Waals surface area contributed by atoms with Gasteiger partial charge in [0.1, 0.15) is 11.5 Å². The summed E-state index contributed by atoms with van der Waals surface area (Å²) >= 11 is 12.4. The third kappa shape index (κ3) is 4.43. The van der Waals surface area contributed by atoms with Gasteiger partial charge in [-0.05, 0) is 49.4 Å². The van der Waals surface area contributed by atoms with Gasteiger partial charge >= 0.3 is 0 Å². The van der Waals surface area contributed by atoms with Crippen molar-refractivity contribution in [3.05, 3.63) is 69.5 Å². The lowest BCUT2D eigenvalue weighted by molar-refractivity contribution is 0.0995. The number of halogens is 2. The van der Waals surface area contributed by atoms with Gasteiger partial charge in [-0.2, -0.15) is 5.26 Å². The molecule has 1 amide bonds. The lowest BCUT2D eigenvalue weighted by atomic mass is 10.1. The molecule has 1 heterocycles. The molecule has 0 bridgehead atoms. The van der Waals surface area contributed by atoms with Crippen LogP contribution >= 0.6 is 23.2 Å². The van der Waals surface area contributed by atoms with Gasteiger partial charge in [0.25, 0.3) is 5.91 Å². The summed E-state index contributed by atoms with van der Waals surface area (Å²) in [6.45, 7) is 1.77. The SMILES string of the molecule is Cc1c(C(N)=O)nc(-c2ccc(Cl)cc2Cl)n1-c1ccc(C#CCCC#N)cc1. The Bertz CT molecular complexity index is 1180. The zero-order valence-electron chi connectivity index (χ0n) is 15.5. The van der Waals surface area contributed by atoms with E-state index in [1.165, 1.54) is 0 Å². The van der Waals surface area contributed by atoms with Crippen molar-refractivity contribution >= 4 is 29.1 Å². The summed E-state index contributed by atoms with van der Waals surface area (Å²) in [6, 6.07) is 14.6. The van der Waals surface area contributed by atoms with Gasteiger partial charge < -0.3 is 5.73 Å². The van der Waals surface area contributed by atoms with Crippen LogP contribution in [0.25, 0.3) is 17.1 Å². The van der Waals surface area contributed by atoms with E-state index in [0.717, 1.165) is 11.3 Å². The maximum Gasteiger partial charge on any atom is 0.269 e. The first-order chi connectivity index (χ1) is 13.9. The molecule has 5 nitrogen and oxygen atoms in total. The normalized spacial score (nSPS) is 10.1. The van der Waals surface area contributed by atoms with Crippen LogP contribution in [-0.4, -0.2) is 15.5 Å². The molecule has 0 spiro atoms. The van der Waals surface area contributed by atoms with Crippen LogP contribution in [0.5, 0.6) is 0 Å². The molecular formula is C22H16Cl2N4O. The number of amides is 1. The molecule has 7 heteroatoms. The Kier molecular flexibility index (Phi) is 6.24. The second-order valence-corrected chi connectivity index (χ2v) is 7.04. The Labute approximate surface area is 178 Å². The zero-order chi connectivity index (χ0) is 21.0. The predicted octanol–water partition coefficient (Wildman–Crippen LogP) is 4.91. The number of carbonyl (C=O) groups excluding carboxylic acids is 1. The number of nitrogens with two attached hydrogens (primary N) is 1. The monoisotopic (exact) mass is 422 g/mol. The minimum absolute atomic E-state index is 0.173. The molecule has 3 aromatic rings. The van der Waals surface area contributed by atoms with Crippen LogP contribution in [0.15, 0.2) is 42.5 Å². The molecular weight excluding hydrogens is 407 g/mol. The first-order valence-electron chi connectivity index (χ1n) is 8.73. The van der Waals surface area contributed by atoms with Gasteiger partial charge in [-0.3, -0.25) is 9.36 Å². The summed E-state index contributed by atoms with van der Waals surface area (Å²) in [4.78, 5) is 16.3. The van der Waals surface area contributed by atoms with Crippen molar-refractivity contribution in [3.8, 4) is 35.0 Å². The van der Waals surface area contributed by atoms with E-state index >= 15 is 0 Å². The quantitative estimate of drug-likeness (QED) is 0.478. The zero-order valence-corrected chi connectivity index (χ0v) is 17.1. The smallest absolute Gasteiger partial charge is 0.269 e. The minimum Gasteiger partial charge on any atom is -0.364 e. The Morgan fingerprint density at radius 3 is 2.52 bits per heavy atom. The Balaban J connectivity index is 2.10. The Morgan fingerprint density at radius 2 is 1.90 bits per heavy atom. The van der Waals surface area contributed by atoms with Crippen molar-refractivity contribution in [1.82, 2.24) is 9.55 Å². The van der Waals surface area contributed by atoms with E-state index in [0.29, 0.717) is 40.0 Å². The van der Waals surface area contributed by atoms with Crippen molar-refractivity contribution < 1.29 is 4.79 Å². The Morgan fingerprint density at radius 1 is 1.17 bits per heavy atom. The summed E-state index contributed by atoms with van der Waals surface area (Å²) in [5, 5.41) is 9.49. The molecule has 0 atom stereocenters. The van der Waals surface area contributed by atoms with Crippen LogP contribution in [0.2, 0.25) is 10.0 Å². The summed E-state index contributed by atoms with van der Waals surface area (Å²) < 4.78 is 1.82. The molecule has 0 saturated carbocycles. The molecule has 2 aromatic carbocycles. The second kappa shape index (κ2) is 8.84. The molecule has 0 radical (unpaired) electrons. The number of hydrogen-bond donors (Lipinski definition) is 1. The summed E-state index contributed by atoms with van der Waals surface area (Å²) in [5.74, 6) is 5.85. The highest BCUT2D eigenvalue weighted by Gasteiger charge is 2.21. The average Bonchev–Trinajstić information content (AvgIpc) is 3.03. The van der Waals surface area contributed by atoms with Gasteiger partial charge in [-0.1, -0.05) is 35.0 Å². The van der Waals surface area contributed by atoms with Gasteiger partial charge in [0.15, 0.2) is 0 Å². The molecule has 0 aliphatic heterocycles. The fourth-order valence-corrected chi connectivity index (χ4v) is 3.37. The maximum absolute atomic E-state index is 11.9. The first-order valence-corrected chi connectivity index (χ1v) is 9.48. The Hall–Kier alpha value is -3.25. The molecule has 3 rings (SSSR count). The number of aromatic nitrogens is 2. The topological polar surface area (TPSA) is 84.7 Å². The number of nitriles is 1. The third-order valence-electron chi connectivity index (χ3n) is 4.23. The van der Waals surface area contributed by atoms with E-state index in [1.54, 1.807) is 25.1 Å². The lowest BCUT2D eigenvalue weighted by Crippen LogP contribution is -2.13. The summed E-state index contributed by atoms with van der Waals surface area (Å²) in [6.07, 6.45) is 0.931. The van der Waals surface area contributed by atoms with Gasteiger partial charge in [0.05, 0.1) is 16.8 Å². The van der Waals surface area contributed by atoms with Gasteiger partial charge in [0.2, 0.25) is 0 Å². The van der Waals surface area contributed by atoms with Crippen LogP contribution in [0.1, 0.15) is 34.6 Å². The van der Waals surface area contributed by atoms with E-state index in [4.69, 9.17) is 34.2 Å². The van der Waals surface area contributed by atoms with Crippen LogP contribution in [0.3, 0.4) is 0 Å². The van der Waals surface area contributed by atoms with Crippen molar-refractivity contribution in [2.45, 2.75) is 19.8 Å². The third-order valence-corrected chi connectivity index (χ3v) is 4.78. The number of imidazole rings is 1. The molecule has 0 unspecified atom stereocenters. The van der Waals surface area contributed by atoms with E-state index < -0.39 is 5.91 Å². The van der Waals surface area contributed by atoms with E-state index in [1.807, 2.05) is 28.8 Å². The minimum atomic E-state index is -0.618. The van der Waals surface area contributed by atoms with Crippen LogP contribution in [0.4, 0.5) is 0 Å². The first kappa shape index (κ1) is 20.5. The number of hydrogen-bond acceptors (Lipinski definition) is 3. The molecule has 1 aromatic heterocycles. The standard InChI is InChI=1S/C22H16Cl2N4O/c1-14-20(21(26)29)27-22(18-11-8-16(23)13-19(18)24)28(14)17-9-6-15(7-10-17)5-3-2-4-12-25/h6-11,13H,2,4H2,1H3,(H2,26,29). The number of benzene rings is 2. The average molecular weight is 423 g/mol. The van der Waals surface area contributed by atoms with Crippen LogP contribution in [-0.2, 0) is 0 Å². The largest absolute Gasteiger partial charge is 0.364 e. The fraction of sp³-hybridized carbons (Fsp3) is 0.136. The van der Waals surface area contributed by atoms with E-state index in [9.17, 15) is 4.79 Å². The predicted molar refractivity (Wildman–Crippen MR) is 114 cm³/mol. The molecule has 2 N–H and O–H groups in total. The van der Waals surface area contributed by atoms with Gasteiger partial charge in [0, 0.05) is 34.7 Å². The number of carbonyl (C=O) groups is 1. The summed E-state index contributed by atoms with van der Waals surface area (Å²) in [7, 11) is 0. The molecule has 144 valence electrons. The maximum atomic E-state index is 11.9. The van der Waals surface area contributed by atoms with Crippen molar-refractivity contribution in [3.63, 3.8) is 0 Å². The van der Waals surface area contributed by atoms with Gasteiger partial charge in [-0.15, -0.1) is 0 Å². The highest BCUT2D eigenvalue weighted by Crippen LogP contribution is 2.33. The van der Waals surface area contributed by atoms with Crippen molar-refractivity contribution in [1.29, 1.82) is 5.26 Å². The number of unbranched alkanes of at least 4 members (excludes halogenated alkanes) is 1. The van der Waals surface area contributed by atoms with Crippen LogP contribution in [0, 0.1) is 30.1 Å². The number of nitrogens with zero attached hydrogens (tertiary/aromatic N) is 3. The molecule has 29 heavy (non-hydrogen) atoms. The van der Waals surface area contributed by atoms with Gasteiger partial charge in [-0.25, -0.2) is 4.98 Å². The van der Waals surface area contributed by atoms with E-state index in [-0.39, 0.29) is 5.69 Å². The highest BCUT2D eigenvalue weighted by molar-refractivity contribution is 6.36. The number of primary amides is 1. The highest BCUT2D eigenvalue weighted by atomic mass is 35.5. The fourth-order valence-electron chi connectivity index (χ4n) is 2.88. The van der Waals surface area contributed by atoms with Crippen LogP contribution < -0.4 is 5.73 Å². The number of rotatable bonds is 4. The molecule has 0 fully saturated rings.